The van der Waals surface area contributed by atoms with Crippen LogP contribution in [0.15, 0.2) is 12.1 Å². The van der Waals surface area contributed by atoms with E-state index >= 15 is 0 Å². The molecule has 1 aromatic heterocycles. The van der Waals surface area contributed by atoms with E-state index in [2.05, 4.69) is 29.9 Å². The van der Waals surface area contributed by atoms with Gasteiger partial charge >= 0.3 is 51.4 Å². The molecule has 1 saturated heterocycles. The van der Waals surface area contributed by atoms with Gasteiger partial charge in [0.05, 0.1) is 6.61 Å². The third-order valence-corrected chi connectivity index (χ3v) is 3.62. The summed E-state index contributed by atoms with van der Waals surface area (Å²) in [6.45, 7) is 6.22. The topological polar surface area (TPSA) is 45.7 Å². The third-order valence-electron chi connectivity index (χ3n) is 3.62. The summed E-state index contributed by atoms with van der Waals surface area (Å²) >= 11 is 0. The quantitative estimate of drug-likeness (QED) is 0.478. The van der Waals surface area contributed by atoms with E-state index in [0.29, 0.717) is 13.2 Å². The minimum atomic E-state index is -0.395. The van der Waals surface area contributed by atoms with E-state index in [9.17, 15) is 4.79 Å². The Morgan fingerprint density at radius 2 is 2.19 bits per heavy atom. The monoisotopic (exact) mass is 315 g/mol. The van der Waals surface area contributed by atoms with Gasteiger partial charge in [0.1, 0.15) is 6.61 Å². The zero-order valence-electron chi connectivity index (χ0n) is 13.6. The first kappa shape index (κ1) is 19.2. The zero-order valence-corrected chi connectivity index (χ0v) is 16.8. The summed E-state index contributed by atoms with van der Waals surface area (Å²) in [5, 5.41) is 0. The average molecular weight is 315 g/mol. The Morgan fingerprint density at radius 1 is 1.48 bits per heavy atom. The molecule has 0 aromatic carbocycles. The Hall–Kier alpha value is 0.176. The number of hydrogen-bond acceptors (Lipinski definition) is 4. The van der Waals surface area contributed by atoms with Gasteiger partial charge in [-0.2, -0.15) is 12.1 Å². The van der Waals surface area contributed by atoms with E-state index in [1.165, 1.54) is 0 Å². The first-order valence-corrected chi connectivity index (χ1v) is 6.82. The number of nitrogens with zero attached hydrogens (tertiary/aromatic N) is 3. The number of amides is 1. The number of aromatic nitrogens is 1. The summed E-state index contributed by atoms with van der Waals surface area (Å²) in [6, 6.07) is 3.82. The number of ether oxygens (including phenoxy) is 1. The fourth-order valence-corrected chi connectivity index (χ4v) is 2.62. The van der Waals surface area contributed by atoms with Gasteiger partial charge in [-0.25, -0.2) is 0 Å². The van der Waals surface area contributed by atoms with Crippen LogP contribution in [0.2, 0.25) is 0 Å². The van der Waals surface area contributed by atoms with Crippen LogP contribution in [0, 0.1) is 6.20 Å². The Morgan fingerprint density at radius 3 is 2.81 bits per heavy atom. The first-order chi connectivity index (χ1) is 9.43. The largest absolute Gasteiger partial charge is 1.00 e. The second-order valence-electron chi connectivity index (χ2n) is 5.83. The Balaban J connectivity index is 0.00000220. The summed E-state index contributed by atoms with van der Waals surface area (Å²) in [6.07, 6.45) is 2.89. The second kappa shape index (κ2) is 8.15. The molecule has 0 bridgehead atoms. The first-order valence-electron chi connectivity index (χ1n) is 6.82. The van der Waals surface area contributed by atoms with Gasteiger partial charge < -0.3 is 19.5 Å². The molecule has 0 radical (unpaired) electrons. The number of rotatable bonds is 4. The molecule has 1 fully saturated rings. The second-order valence-corrected chi connectivity index (χ2v) is 5.83. The van der Waals surface area contributed by atoms with Gasteiger partial charge in [-0.15, -0.1) is 5.56 Å². The van der Waals surface area contributed by atoms with Crippen LogP contribution in [0.1, 0.15) is 25.1 Å². The molecule has 5 nitrogen and oxygen atoms in total. The van der Waals surface area contributed by atoms with Gasteiger partial charge in [0.25, 0.3) is 0 Å². The van der Waals surface area contributed by atoms with Crippen molar-refractivity contribution in [2.45, 2.75) is 25.9 Å². The van der Waals surface area contributed by atoms with E-state index in [-0.39, 0.29) is 63.9 Å². The number of morpholine rings is 1. The summed E-state index contributed by atoms with van der Waals surface area (Å²) in [5.41, 5.74) is 1.64. The minimum Gasteiger partial charge on any atom is -0.389 e. The summed E-state index contributed by atoms with van der Waals surface area (Å²) in [5.74, 6) is 0.0323. The van der Waals surface area contributed by atoms with Crippen molar-refractivity contribution >= 4 is 5.91 Å². The fraction of sp³-hybridized carbons (Fsp3) is 0.600. The van der Waals surface area contributed by atoms with Crippen molar-refractivity contribution in [3.05, 3.63) is 29.6 Å². The van der Waals surface area contributed by atoms with E-state index in [1.807, 2.05) is 25.1 Å². The van der Waals surface area contributed by atoms with Crippen LogP contribution in [0.5, 0.6) is 0 Å². The van der Waals surface area contributed by atoms with Crippen molar-refractivity contribution in [2.24, 2.45) is 0 Å². The maximum Gasteiger partial charge on any atom is 1.00 e. The van der Waals surface area contributed by atoms with Crippen molar-refractivity contribution in [3.8, 4) is 0 Å². The van der Waals surface area contributed by atoms with E-state index < -0.39 is 5.54 Å². The van der Waals surface area contributed by atoms with Gasteiger partial charge in [0.2, 0.25) is 5.91 Å². The standard InChI is InChI=1S/C15H22N3O2.K/c1-15(2,18-8-9-20-11-14(18)19)12-6-5-7-16-13(12)10-17(3)4;/h5-6H,8-11H2,1-4H3;/q-1;+1. The molecule has 0 saturated carbocycles. The molecule has 0 spiro atoms. The maximum absolute atomic E-state index is 12.1. The average Bonchev–Trinajstić information content (AvgIpc) is 2.38. The molecule has 1 amide bonds. The Kier molecular flexibility index (Phi) is 7.46. The molecule has 1 aliphatic heterocycles. The number of hydrogen-bond donors (Lipinski definition) is 0. The van der Waals surface area contributed by atoms with Crippen molar-refractivity contribution in [3.63, 3.8) is 0 Å². The van der Waals surface area contributed by atoms with Crippen LogP contribution in [-0.4, -0.2) is 54.5 Å². The molecule has 21 heavy (non-hydrogen) atoms. The number of carbonyl (C=O) groups is 1. The van der Waals surface area contributed by atoms with Gasteiger partial charge in [0.15, 0.2) is 0 Å². The summed E-state index contributed by atoms with van der Waals surface area (Å²) in [7, 11) is 4.01. The molecule has 0 N–H and O–H groups in total. The predicted octanol–water partition coefficient (Wildman–Crippen LogP) is -1.96. The van der Waals surface area contributed by atoms with Crippen LogP contribution in [-0.2, 0) is 21.6 Å². The normalized spacial score (nSPS) is 16.0. The van der Waals surface area contributed by atoms with Crippen molar-refractivity contribution < 1.29 is 60.9 Å². The molecule has 0 aliphatic carbocycles. The fourth-order valence-electron chi connectivity index (χ4n) is 2.62. The summed E-state index contributed by atoms with van der Waals surface area (Å²) in [4.78, 5) is 20.4. The van der Waals surface area contributed by atoms with Gasteiger partial charge in [0, 0.05) is 12.1 Å². The smallest absolute Gasteiger partial charge is 0.389 e. The Bertz CT molecular complexity index is 492. The van der Waals surface area contributed by atoms with Crippen LogP contribution < -0.4 is 51.4 Å². The van der Waals surface area contributed by atoms with Crippen LogP contribution in [0.3, 0.4) is 0 Å². The molecule has 0 unspecified atom stereocenters. The van der Waals surface area contributed by atoms with Gasteiger partial charge in [-0.05, 0) is 34.5 Å². The molecule has 1 aromatic rings. The molecule has 2 heterocycles. The van der Waals surface area contributed by atoms with Crippen molar-refractivity contribution in [2.75, 3.05) is 33.9 Å². The molecule has 2 rings (SSSR count). The SMILES string of the molecule is CN(C)Cc1n[c-]ccc1C(C)(C)N1CCOCC1=O.[K+]. The molecule has 6 heteroatoms. The van der Waals surface area contributed by atoms with Crippen LogP contribution in [0.4, 0.5) is 0 Å². The van der Waals surface area contributed by atoms with Crippen molar-refractivity contribution in [1.29, 1.82) is 0 Å². The van der Waals surface area contributed by atoms with Gasteiger partial charge in [-0.1, -0.05) is 11.9 Å². The number of carbonyl (C=O) groups excluding carboxylic acids is 1. The molecular weight excluding hydrogens is 293 g/mol. The van der Waals surface area contributed by atoms with E-state index in [0.717, 1.165) is 17.8 Å². The molecule has 110 valence electrons. The van der Waals surface area contributed by atoms with E-state index in [4.69, 9.17) is 4.74 Å². The molecular formula is C15H22KN3O2. The van der Waals surface area contributed by atoms with E-state index in [1.54, 1.807) is 6.07 Å². The predicted molar refractivity (Wildman–Crippen MR) is 76.0 cm³/mol. The maximum atomic E-state index is 12.1. The van der Waals surface area contributed by atoms with Gasteiger partial charge in [-0.3, -0.25) is 4.79 Å². The third kappa shape index (κ3) is 4.57. The van der Waals surface area contributed by atoms with Crippen LogP contribution in [0.25, 0.3) is 0 Å². The molecule has 0 atom stereocenters. The number of pyridine rings is 1. The minimum absolute atomic E-state index is 0. The van der Waals surface area contributed by atoms with Crippen molar-refractivity contribution in [1.82, 2.24) is 14.8 Å². The van der Waals surface area contributed by atoms with Crippen LogP contribution >= 0.6 is 0 Å². The summed E-state index contributed by atoms with van der Waals surface area (Å²) < 4.78 is 5.22. The Labute approximate surface area is 169 Å². The zero-order chi connectivity index (χ0) is 14.8. The molecule has 1 aliphatic rings.